The van der Waals surface area contributed by atoms with Gasteiger partial charge in [0.25, 0.3) is 0 Å². The van der Waals surface area contributed by atoms with Crippen LogP contribution in [0, 0.1) is 0 Å². The van der Waals surface area contributed by atoms with Crippen LogP contribution in [-0.2, 0) is 17.8 Å². The summed E-state index contributed by atoms with van der Waals surface area (Å²) < 4.78 is 5.94. The van der Waals surface area contributed by atoms with E-state index in [-0.39, 0.29) is 18.2 Å². The fraction of sp³-hybridized carbons (Fsp3) is 0.214. The Kier molecular flexibility index (Phi) is 6.70. The molecule has 0 saturated carbocycles. The summed E-state index contributed by atoms with van der Waals surface area (Å²) in [6.07, 6.45) is -0.469. The average molecular weight is 471 g/mol. The molecule has 0 unspecified atom stereocenters. The molecule has 1 aliphatic rings. The fourth-order valence-electron chi connectivity index (χ4n) is 4.47. The zero-order valence-electron chi connectivity index (χ0n) is 18.7. The number of amides is 1. The molecule has 6 heteroatoms. The van der Waals surface area contributed by atoms with Gasteiger partial charge in [0, 0.05) is 23.4 Å². The molecule has 5 nitrogen and oxygen atoms in total. The topological polar surface area (TPSA) is 62.7 Å². The molecule has 1 aromatic heterocycles. The van der Waals surface area contributed by atoms with E-state index in [9.17, 15) is 9.90 Å². The van der Waals surface area contributed by atoms with Crippen LogP contribution in [0.5, 0.6) is 5.75 Å². The summed E-state index contributed by atoms with van der Waals surface area (Å²) in [5, 5.41) is 13.5. The second kappa shape index (κ2) is 10.2. The molecule has 1 atom stereocenters. The Morgan fingerprint density at radius 2 is 1.71 bits per heavy atom. The zero-order valence-corrected chi connectivity index (χ0v) is 19.5. The number of ether oxygens (including phenoxy) is 1. The van der Waals surface area contributed by atoms with Crippen molar-refractivity contribution in [2.45, 2.75) is 25.0 Å². The van der Waals surface area contributed by atoms with Gasteiger partial charge >= 0.3 is 0 Å². The van der Waals surface area contributed by atoms with Crippen molar-refractivity contribution >= 4 is 17.2 Å². The molecule has 1 amide bonds. The van der Waals surface area contributed by atoms with Crippen molar-refractivity contribution in [3.8, 4) is 5.75 Å². The van der Waals surface area contributed by atoms with Crippen molar-refractivity contribution in [2.75, 3.05) is 13.2 Å². The maximum absolute atomic E-state index is 12.9. The van der Waals surface area contributed by atoms with Gasteiger partial charge in [-0.2, -0.15) is 0 Å². The molecule has 1 N–H and O–H groups in total. The highest BCUT2D eigenvalue weighted by atomic mass is 32.1. The van der Waals surface area contributed by atoms with Crippen molar-refractivity contribution < 1.29 is 14.6 Å². The molecule has 0 fully saturated rings. The lowest BCUT2D eigenvalue weighted by atomic mass is 9.83. The van der Waals surface area contributed by atoms with Crippen LogP contribution in [0.25, 0.3) is 0 Å². The van der Waals surface area contributed by atoms with Gasteiger partial charge in [-0.25, -0.2) is 4.98 Å². The predicted octanol–water partition coefficient (Wildman–Crippen LogP) is 4.97. The number of aliphatic hydroxyl groups is 1. The van der Waals surface area contributed by atoms with Crippen LogP contribution < -0.4 is 4.74 Å². The van der Waals surface area contributed by atoms with Crippen LogP contribution in [-0.4, -0.2) is 34.0 Å². The highest BCUT2D eigenvalue weighted by molar-refractivity contribution is 7.07. The number of carbonyl (C=O) groups is 1. The van der Waals surface area contributed by atoms with Gasteiger partial charge in [0.2, 0.25) is 5.91 Å². The van der Waals surface area contributed by atoms with Gasteiger partial charge in [0.15, 0.2) is 0 Å². The van der Waals surface area contributed by atoms with E-state index in [2.05, 4.69) is 4.98 Å². The molecule has 2 heterocycles. The van der Waals surface area contributed by atoms with E-state index < -0.39 is 6.10 Å². The number of carbonyl (C=O) groups excluding carboxylic acids is 1. The van der Waals surface area contributed by atoms with Gasteiger partial charge < -0.3 is 14.7 Å². The Balaban J connectivity index is 1.43. The van der Waals surface area contributed by atoms with Gasteiger partial charge in [-0.3, -0.25) is 4.79 Å². The van der Waals surface area contributed by atoms with Crippen LogP contribution in [0.1, 0.15) is 40.0 Å². The minimum absolute atomic E-state index is 0.0275. The minimum Gasteiger partial charge on any atom is -0.491 e. The first-order valence-corrected chi connectivity index (χ1v) is 12.3. The number of aromatic nitrogens is 1. The number of rotatable bonds is 6. The Morgan fingerprint density at radius 3 is 2.35 bits per heavy atom. The number of benzene rings is 3. The number of hydrogen-bond donors (Lipinski definition) is 1. The van der Waals surface area contributed by atoms with Gasteiger partial charge in [-0.1, -0.05) is 66.7 Å². The smallest absolute Gasteiger partial charge is 0.229 e. The molecule has 3 aromatic carbocycles. The molecule has 1 aliphatic heterocycles. The first kappa shape index (κ1) is 22.3. The van der Waals surface area contributed by atoms with Crippen LogP contribution in [0.3, 0.4) is 0 Å². The van der Waals surface area contributed by atoms with Crippen molar-refractivity contribution in [1.82, 2.24) is 9.88 Å². The van der Waals surface area contributed by atoms with Gasteiger partial charge in [0.05, 0.1) is 30.3 Å². The maximum Gasteiger partial charge on any atom is 0.229 e. The molecule has 0 aliphatic carbocycles. The lowest BCUT2D eigenvalue weighted by molar-refractivity contribution is -0.131. The summed E-state index contributed by atoms with van der Waals surface area (Å²) in [5.41, 5.74) is 6.33. The number of fused-ring (bicyclic) bond motifs is 1. The molecular formula is C28H26N2O3S. The maximum atomic E-state index is 12.9. The van der Waals surface area contributed by atoms with Crippen LogP contribution in [0.15, 0.2) is 89.8 Å². The van der Waals surface area contributed by atoms with Gasteiger partial charge in [-0.15, -0.1) is 11.3 Å². The first-order valence-electron chi connectivity index (χ1n) is 11.4. The van der Waals surface area contributed by atoms with Gasteiger partial charge in [-0.05, 0) is 28.8 Å². The fourth-order valence-corrected chi connectivity index (χ4v) is 5.03. The summed E-state index contributed by atoms with van der Waals surface area (Å²) >= 11 is 1.49. The SMILES string of the molecule is O=C(Cc1cscn1)N1CCOc2ccc([C@@H](O)C(c3ccccc3)c3ccccc3)cc2C1. The third kappa shape index (κ3) is 4.88. The first-order chi connectivity index (χ1) is 16.7. The van der Waals surface area contributed by atoms with Crippen molar-refractivity contribution in [2.24, 2.45) is 0 Å². The minimum atomic E-state index is -0.752. The van der Waals surface area contributed by atoms with E-state index in [1.807, 2.05) is 89.1 Å². The molecule has 0 saturated heterocycles. The lowest BCUT2D eigenvalue weighted by Crippen LogP contribution is -2.33. The van der Waals surface area contributed by atoms with E-state index in [1.165, 1.54) is 11.3 Å². The Hall–Kier alpha value is -3.48. The van der Waals surface area contributed by atoms with E-state index in [0.717, 1.165) is 33.7 Å². The molecule has 0 radical (unpaired) electrons. The standard InChI is InChI=1S/C28H26N2O3S/c31-26(16-24-18-34-19-29-24)30-13-14-33-25-12-11-22(15-23(25)17-30)28(32)27(20-7-3-1-4-8-20)21-9-5-2-6-10-21/h1-12,15,18-19,27-28,32H,13-14,16-17H2/t28-/m1/s1. The Bertz CT molecular complexity index is 1190. The highest BCUT2D eigenvalue weighted by Gasteiger charge is 2.27. The molecule has 172 valence electrons. The monoisotopic (exact) mass is 470 g/mol. The second-order valence-corrected chi connectivity index (χ2v) is 9.15. The Morgan fingerprint density at radius 1 is 1.00 bits per heavy atom. The third-order valence-electron chi connectivity index (χ3n) is 6.21. The summed E-state index contributed by atoms with van der Waals surface area (Å²) in [6, 6.07) is 26.0. The van der Waals surface area contributed by atoms with E-state index in [0.29, 0.717) is 19.7 Å². The lowest BCUT2D eigenvalue weighted by Gasteiger charge is -2.25. The van der Waals surface area contributed by atoms with Crippen molar-refractivity contribution in [1.29, 1.82) is 0 Å². The summed E-state index contributed by atoms with van der Waals surface area (Å²) in [4.78, 5) is 19.0. The predicted molar refractivity (Wildman–Crippen MR) is 133 cm³/mol. The second-order valence-electron chi connectivity index (χ2n) is 8.43. The largest absolute Gasteiger partial charge is 0.491 e. The summed E-state index contributed by atoms with van der Waals surface area (Å²) in [7, 11) is 0. The van der Waals surface area contributed by atoms with Crippen LogP contribution in [0.4, 0.5) is 0 Å². The van der Waals surface area contributed by atoms with E-state index in [1.54, 1.807) is 5.51 Å². The number of thiazole rings is 1. The molecule has 34 heavy (non-hydrogen) atoms. The quantitative estimate of drug-likeness (QED) is 0.432. The zero-order chi connectivity index (χ0) is 23.3. The number of aliphatic hydroxyl groups excluding tert-OH is 1. The molecular weight excluding hydrogens is 444 g/mol. The van der Waals surface area contributed by atoms with Gasteiger partial charge in [0.1, 0.15) is 12.4 Å². The highest BCUT2D eigenvalue weighted by Crippen LogP contribution is 2.38. The van der Waals surface area contributed by atoms with E-state index in [4.69, 9.17) is 4.74 Å². The van der Waals surface area contributed by atoms with Crippen LogP contribution >= 0.6 is 11.3 Å². The Labute approximate surface area is 203 Å². The summed E-state index contributed by atoms with van der Waals surface area (Å²) in [5.74, 6) is 0.574. The van der Waals surface area contributed by atoms with Crippen molar-refractivity contribution in [3.05, 3.63) is 118 Å². The molecule has 5 rings (SSSR count). The average Bonchev–Trinajstić information content (AvgIpc) is 3.29. The van der Waals surface area contributed by atoms with E-state index >= 15 is 0 Å². The number of hydrogen-bond acceptors (Lipinski definition) is 5. The summed E-state index contributed by atoms with van der Waals surface area (Å²) in [6.45, 7) is 1.40. The van der Waals surface area contributed by atoms with Crippen molar-refractivity contribution in [3.63, 3.8) is 0 Å². The number of nitrogens with zero attached hydrogens (tertiary/aromatic N) is 2. The molecule has 4 aromatic rings. The third-order valence-corrected chi connectivity index (χ3v) is 6.84. The normalized spacial score (nSPS) is 14.2. The van der Waals surface area contributed by atoms with Crippen LogP contribution in [0.2, 0.25) is 0 Å². The molecule has 0 bridgehead atoms. The molecule has 0 spiro atoms.